The van der Waals surface area contributed by atoms with Gasteiger partial charge in [-0.05, 0) is 55.1 Å². The maximum atomic E-state index is 12.5. The second-order valence-electron chi connectivity index (χ2n) is 7.37. The highest BCUT2D eigenvalue weighted by Crippen LogP contribution is 2.24. The minimum atomic E-state index is -0.255. The van der Waals surface area contributed by atoms with Crippen LogP contribution in [0.15, 0.2) is 48.7 Å². The average Bonchev–Trinajstić information content (AvgIpc) is 3.21. The Balaban J connectivity index is 1.31. The molecule has 7 heteroatoms. The van der Waals surface area contributed by atoms with E-state index < -0.39 is 0 Å². The molecule has 2 aliphatic rings. The Kier molecular flexibility index (Phi) is 5.53. The lowest BCUT2D eigenvalue weighted by atomic mass is 9.94. The quantitative estimate of drug-likeness (QED) is 0.760. The van der Waals surface area contributed by atoms with E-state index in [0.29, 0.717) is 29.9 Å². The number of urea groups is 1. The number of carbonyl (C=O) groups is 2. The molecule has 0 radical (unpaired) electrons. The minimum absolute atomic E-state index is 0.0201. The van der Waals surface area contributed by atoms with Crippen molar-refractivity contribution in [2.24, 2.45) is 5.92 Å². The molecular formula is C21H25N5O2. The molecule has 2 atom stereocenters. The molecule has 0 saturated carbocycles. The Morgan fingerprint density at radius 1 is 1.18 bits per heavy atom. The van der Waals surface area contributed by atoms with Crippen LogP contribution in [0.3, 0.4) is 0 Å². The first-order valence-corrected chi connectivity index (χ1v) is 9.76. The number of piperidine rings is 1. The van der Waals surface area contributed by atoms with Crippen molar-refractivity contribution in [3.63, 3.8) is 0 Å². The van der Waals surface area contributed by atoms with Gasteiger partial charge in [0.2, 0.25) is 0 Å². The summed E-state index contributed by atoms with van der Waals surface area (Å²) in [5.41, 5.74) is 1.98. The topological polar surface area (TPSA) is 86.4 Å². The summed E-state index contributed by atoms with van der Waals surface area (Å²) in [6.07, 6.45) is 3.75. The molecule has 2 fully saturated rings. The molecule has 3 N–H and O–H groups in total. The van der Waals surface area contributed by atoms with Gasteiger partial charge in [0.15, 0.2) is 0 Å². The number of fused-ring (bicyclic) bond motifs is 1. The Labute approximate surface area is 164 Å². The normalized spacial score (nSPS) is 21.1. The molecule has 2 saturated heterocycles. The molecule has 3 amide bonds. The number of rotatable bonds is 4. The number of carbonyl (C=O) groups excluding carboxylic acids is 2. The van der Waals surface area contributed by atoms with Gasteiger partial charge in [-0.2, -0.15) is 0 Å². The first kappa shape index (κ1) is 18.4. The Morgan fingerprint density at radius 2 is 2.11 bits per heavy atom. The van der Waals surface area contributed by atoms with Gasteiger partial charge in [0.05, 0.1) is 0 Å². The second kappa shape index (κ2) is 8.39. The molecule has 28 heavy (non-hydrogen) atoms. The van der Waals surface area contributed by atoms with Gasteiger partial charge in [-0.25, -0.2) is 4.79 Å². The van der Waals surface area contributed by atoms with Crippen molar-refractivity contribution >= 4 is 17.6 Å². The molecule has 0 unspecified atom stereocenters. The zero-order chi connectivity index (χ0) is 19.3. The van der Waals surface area contributed by atoms with Crippen LogP contribution < -0.4 is 16.0 Å². The van der Waals surface area contributed by atoms with Gasteiger partial charge in [-0.1, -0.05) is 18.2 Å². The zero-order valence-electron chi connectivity index (χ0n) is 15.7. The summed E-state index contributed by atoms with van der Waals surface area (Å²) in [7, 11) is 0. The van der Waals surface area contributed by atoms with Gasteiger partial charge in [-0.3, -0.25) is 9.78 Å². The van der Waals surface area contributed by atoms with E-state index in [0.717, 1.165) is 38.0 Å². The molecule has 1 aromatic heterocycles. The molecule has 2 aliphatic heterocycles. The summed E-state index contributed by atoms with van der Waals surface area (Å²) in [5.74, 6) is 0.319. The van der Waals surface area contributed by atoms with Crippen molar-refractivity contribution in [2.45, 2.75) is 25.4 Å². The maximum absolute atomic E-state index is 12.5. The van der Waals surface area contributed by atoms with Crippen LogP contribution in [0.5, 0.6) is 0 Å². The third-order valence-electron chi connectivity index (χ3n) is 5.47. The summed E-state index contributed by atoms with van der Waals surface area (Å²) < 4.78 is 0. The summed E-state index contributed by atoms with van der Waals surface area (Å²) in [5, 5.41) is 9.36. The number of hydrogen-bond donors (Lipinski definition) is 3. The van der Waals surface area contributed by atoms with Crippen LogP contribution in [-0.4, -0.2) is 47.5 Å². The smallest absolute Gasteiger partial charge is 0.317 e. The Bertz CT molecular complexity index is 842. The van der Waals surface area contributed by atoms with E-state index in [9.17, 15) is 9.59 Å². The number of pyridine rings is 1. The van der Waals surface area contributed by atoms with Crippen LogP contribution in [-0.2, 0) is 6.54 Å². The largest absolute Gasteiger partial charge is 0.334 e. The minimum Gasteiger partial charge on any atom is -0.334 e. The van der Waals surface area contributed by atoms with Crippen molar-refractivity contribution in [3.8, 4) is 0 Å². The number of likely N-dealkylation sites (tertiary alicyclic amines) is 1. The lowest BCUT2D eigenvalue weighted by Crippen LogP contribution is -2.50. The number of aromatic nitrogens is 1. The maximum Gasteiger partial charge on any atom is 0.317 e. The molecule has 3 heterocycles. The summed E-state index contributed by atoms with van der Waals surface area (Å²) in [6, 6.07) is 13.3. The molecule has 1 aromatic carbocycles. The van der Waals surface area contributed by atoms with Crippen molar-refractivity contribution in [2.75, 3.05) is 25.0 Å². The first-order valence-electron chi connectivity index (χ1n) is 9.76. The summed E-state index contributed by atoms with van der Waals surface area (Å²) >= 11 is 0. The zero-order valence-corrected chi connectivity index (χ0v) is 15.7. The van der Waals surface area contributed by atoms with Gasteiger partial charge < -0.3 is 20.9 Å². The summed E-state index contributed by atoms with van der Waals surface area (Å²) in [6.45, 7) is 3.10. The van der Waals surface area contributed by atoms with Gasteiger partial charge in [0.1, 0.15) is 5.69 Å². The van der Waals surface area contributed by atoms with E-state index in [1.807, 2.05) is 29.2 Å². The van der Waals surface area contributed by atoms with Gasteiger partial charge >= 0.3 is 6.03 Å². The van der Waals surface area contributed by atoms with E-state index in [1.54, 1.807) is 24.4 Å². The van der Waals surface area contributed by atoms with Crippen molar-refractivity contribution < 1.29 is 9.59 Å². The molecule has 146 valence electrons. The fourth-order valence-electron chi connectivity index (χ4n) is 3.97. The molecule has 7 nitrogen and oxygen atoms in total. The van der Waals surface area contributed by atoms with Crippen LogP contribution in [0, 0.1) is 5.92 Å². The molecular weight excluding hydrogens is 354 g/mol. The fraction of sp³-hybridized carbons (Fsp3) is 0.381. The standard InChI is InChI=1S/C21H25N5O2/c27-20(19-6-1-2-9-22-19)25-17-5-3-4-15(12-17)13-24-21(28)26-11-8-18-16(14-26)7-10-23-18/h1-6,9,12,16,18,23H,7-8,10-11,13-14H2,(H,24,28)(H,25,27)/t16-,18+/m1/s1. The predicted octanol–water partition coefficient (Wildman–Crippen LogP) is 2.23. The lowest BCUT2D eigenvalue weighted by Gasteiger charge is -2.34. The highest BCUT2D eigenvalue weighted by Gasteiger charge is 2.34. The van der Waals surface area contributed by atoms with E-state index in [4.69, 9.17) is 0 Å². The molecule has 4 rings (SSSR count). The number of hydrogen-bond acceptors (Lipinski definition) is 4. The van der Waals surface area contributed by atoms with E-state index >= 15 is 0 Å². The third kappa shape index (κ3) is 4.31. The number of benzene rings is 1. The van der Waals surface area contributed by atoms with Gasteiger partial charge in [0.25, 0.3) is 5.91 Å². The molecule has 0 bridgehead atoms. The van der Waals surface area contributed by atoms with Crippen molar-refractivity contribution in [1.82, 2.24) is 20.5 Å². The lowest BCUT2D eigenvalue weighted by molar-refractivity contribution is 0.102. The molecule has 0 spiro atoms. The monoisotopic (exact) mass is 379 g/mol. The van der Waals surface area contributed by atoms with E-state index in [-0.39, 0.29) is 11.9 Å². The van der Waals surface area contributed by atoms with Crippen LogP contribution in [0.25, 0.3) is 0 Å². The Morgan fingerprint density at radius 3 is 2.96 bits per heavy atom. The van der Waals surface area contributed by atoms with E-state index in [2.05, 4.69) is 20.9 Å². The van der Waals surface area contributed by atoms with Crippen LogP contribution in [0.1, 0.15) is 28.9 Å². The number of amides is 3. The molecule has 0 aliphatic carbocycles. The summed E-state index contributed by atoms with van der Waals surface area (Å²) in [4.78, 5) is 30.7. The van der Waals surface area contributed by atoms with Crippen molar-refractivity contribution in [3.05, 3.63) is 59.9 Å². The predicted molar refractivity (Wildman–Crippen MR) is 107 cm³/mol. The Hall–Kier alpha value is -2.93. The number of nitrogens with zero attached hydrogens (tertiary/aromatic N) is 2. The fourth-order valence-corrected chi connectivity index (χ4v) is 3.97. The third-order valence-corrected chi connectivity index (χ3v) is 5.47. The van der Waals surface area contributed by atoms with Crippen LogP contribution in [0.4, 0.5) is 10.5 Å². The first-order chi connectivity index (χ1) is 13.7. The van der Waals surface area contributed by atoms with Gasteiger partial charge in [0, 0.05) is 37.6 Å². The molecule has 2 aromatic rings. The van der Waals surface area contributed by atoms with E-state index in [1.165, 1.54) is 0 Å². The van der Waals surface area contributed by atoms with Gasteiger partial charge in [-0.15, -0.1) is 0 Å². The average molecular weight is 379 g/mol. The highest BCUT2D eigenvalue weighted by atomic mass is 16.2. The van der Waals surface area contributed by atoms with Crippen LogP contribution >= 0.6 is 0 Å². The van der Waals surface area contributed by atoms with Crippen molar-refractivity contribution in [1.29, 1.82) is 0 Å². The number of nitrogens with one attached hydrogen (secondary N) is 3. The SMILES string of the molecule is O=C(Nc1cccc(CNC(=O)N2CC[C@@H]3NCC[C@@H]3C2)c1)c1ccccn1. The second-order valence-corrected chi connectivity index (χ2v) is 7.37. The number of anilines is 1. The highest BCUT2D eigenvalue weighted by molar-refractivity contribution is 6.02. The van der Waals surface area contributed by atoms with Crippen LogP contribution in [0.2, 0.25) is 0 Å².